The minimum Gasteiger partial charge on any atom is -0.488 e. The summed E-state index contributed by atoms with van der Waals surface area (Å²) in [7, 11) is 1.57. The summed E-state index contributed by atoms with van der Waals surface area (Å²) in [6.07, 6.45) is 4.50. The van der Waals surface area contributed by atoms with Crippen LogP contribution in [0.25, 0.3) is 12.2 Å². The SMILES string of the molecule is COC[C@H](C)Oc1cc(C=Cc2ccc(F)cc2F)cc(C(=O)Nc2nccs2)c1. The Morgan fingerprint density at radius 2 is 2.07 bits per heavy atom. The van der Waals surface area contributed by atoms with Gasteiger partial charge in [-0.15, -0.1) is 11.3 Å². The highest BCUT2D eigenvalue weighted by Gasteiger charge is 2.12. The molecule has 0 saturated heterocycles. The van der Waals surface area contributed by atoms with E-state index in [4.69, 9.17) is 9.47 Å². The van der Waals surface area contributed by atoms with Gasteiger partial charge in [-0.2, -0.15) is 0 Å². The molecule has 2 aromatic carbocycles. The van der Waals surface area contributed by atoms with Gasteiger partial charge in [0.1, 0.15) is 23.5 Å². The highest BCUT2D eigenvalue weighted by atomic mass is 32.1. The molecule has 1 N–H and O–H groups in total. The van der Waals surface area contributed by atoms with Crippen molar-refractivity contribution in [2.75, 3.05) is 19.0 Å². The van der Waals surface area contributed by atoms with Crippen molar-refractivity contribution in [1.29, 1.82) is 0 Å². The number of amides is 1. The van der Waals surface area contributed by atoms with E-state index in [2.05, 4.69) is 10.3 Å². The van der Waals surface area contributed by atoms with Crippen LogP contribution in [0.3, 0.4) is 0 Å². The molecule has 30 heavy (non-hydrogen) atoms. The Morgan fingerprint density at radius 3 is 2.77 bits per heavy atom. The fourth-order valence-electron chi connectivity index (χ4n) is 2.70. The van der Waals surface area contributed by atoms with Gasteiger partial charge in [-0.1, -0.05) is 12.2 Å². The van der Waals surface area contributed by atoms with E-state index in [9.17, 15) is 13.6 Å². The van der Waals surface area contributed by atoms with Gasteiger partial charge in [-0.05, 0) is 42.8 Å². The van der Waals surface area contributed by atoms with Crippen molar-refractivity contribution < 1.29 is 23.0 Å². The van der Waals surface area contributed by atoms with Crippen molar-refractivity contribution in [2.24, 2.45) is 0 Å². The summed E-state index contributed by atoms with van der Waals surface area (Å²) >= 11 is 1.30. The standard InChI is InChI=1S/C22H20F2N2O3S/c1-14(13-28-2)29-19-10-15(3-4-16-5-6-18(23)12-20(16)24)9-17(11-19)21(27)26-22-25-7-8-30-22/h3-12,14H,13H2,1-2H3,(H,25,26,27)/t14-/m0/s1. The number of nitrogens with one attached hydrogen (secondary N) is 1. The third-order valence-electron chi connectivity index (χ3n) is 4.00. The molecule has 0 unspecified atom stereocenters. The molecule has 3 aromatic rings. The molecular weight excluding hydrogens is 410 g/mol. The van der Waals surface area contributed by atoms with Crippen LogP contribution < -0.4 is 10.1 Å². The third-order valence-corrected chi connectivity index (χ3v) is 4.69. The van der Waals surface area contributed by atoms with Crippen molar-refractivity contribution in [3.8, 4) is 5.75 Å². The normalized spacial score (nSPS) is 12.1. The molecule has 1 amide bonds. The molecule has 1 heterocycles. The number of anilines is 1. The second kappa shape index (κ2) is 10.1. The number of halogens is 2. The maximum absolute atomic E-state index is 13.9. The number of carbonyl (C=O) groups is 1. The number of nitrogens with zero attached hydrogens (tertiary/aromatic N) is 1. The first kappa shape index (κ1) is 21.6. The first-order valence-electron chi connectivity index (χ1n) is 9.09. The average Bonchev–Trinajstić information content (AvgIpc) is 3.20. The molecule has 0 aliphatic heterocycles. The van der Waals surface area contributed by atoms with Gasteiger partial charge in [0.05, 0.1) is 6.61 Å². The van der Waals surface area contributed by atoms with Gasteiger partial charge in [-0.25, -0.2) is 13.8 Å². The van der Waals surface area contributed by atoms with Gasteiger partial charge in [0.15, 0.2) is 5.13 Å². The Hall–Kier alpha value is -3.10. The van der Waals surface area contributed by atoms with Crippen molar-refractivity contribution in [3.63, 3.8) is 0 Å². The van der Waals surface area contributed by atoms with Gasteiger partial charge in [0.2, 0.25) is 0 Å². The zero-order valence-electron chi connectivity index (χ0n) is 16.4. The third kappa shape index (κ3) is 5.95. The van der Waals surface area contributed by atoms with E-state index in [1.807, 2.05) is 6.92 Å². The molecule has 0 aliphatic carbocycles. The summed E-state index contributed by atoms with van der Waals surface area (Å²) in [6.45, 7) is 2.22. The number of hydrogen-bond acceptors (Lipinski definition) is 5. The molecule has 1 aromatic heterocycles. The molecule has 8 heteroatoms. The molecule has 1 atom stereocenters. The predicted molar refractivity (Wildman–Crippen MR) is 114 cm³/mol. The van der Waals surface area contributed by atoms with Crippen molar-refractivity contribution >= 4 is 34.5 Å². The Balaban J connectivity index is 1.89. The summed E-state index contributed by atoms with van der Waals surface area (Å²) in [5.41, 5.74) is 1.20. The van der Waals surface area contributed by atoms with E-state index in [-0.39, 0.29) is 17.6 Å². The monoisotopic (exact) mass is 430 g/mol. The van der Waals surface area contributed by atoms with Gasteiger partial charge in [0, 0.05) is 35.9 Å². The van der Waals surface area contributed by atoms with Gasteiger partial charge in [-0.3, -0.25) is 10.1 Å². The lowest BCUT2D eigenvalue weighted by Gasteiger charge is -2.15. The summed E-state index contributed by atoms with van der Waals surface area (Å²) < 4.78 is 37.9. The molecule has 0 bridgehead atoms. The highest BCUT2D eigenvalue weighted by Crippen LogP contribution is 2.23. The second-order valence-corrected chi connectivity index (χ2v) is 7.36. The average molecular weight is 430 g/mol. The Kier molecular flexibility index (Phi) is 7.26. The lowest BCUT2D eigenvalue weighted by molar-refractivity contribution is 0.0917. The van der Waals surface area contributed by atoms with Crippen LogP contribution in [-0.2, 0) is 4.74 Å². The summed E-state index contributed by atoms with van der Waals surface area (Å²) in [4.78, 5) is 16.7. The van der Waals surface area contributed by atoms with E-state index >= 15 is 0 Å². The van der Waals surface area contributed by atoms with Crippen LogP contribution in [0.15, 0.2) is 48.0 Å². The van der Waals surface area contributed by atoms with E-state index in [0.717, 1.165) is 6.07 Å². The van der Waals surface area contributed by atoms with E-state index in [0.29, 0.717) is 28.6 Å². The molecule has 156 valence electrons. The number of carbonyl (C=O) groups excluding carboxylic acids is 1. The predicted octanol–water partition coefficient (Wildman–Crippen LogP) is 5.26. The molecular formula is C22H20F2N2O3S. The minimum absolute atomic E-state index is 0.226. The molecule has 0 radical (unpaired) electrons. The zero-order valence-corrected chi connectivity index (χ0v) is 17.2. The fraction of sp³-hybridized carbons (Fsp3) is 0.182. The van der Waals surface area contributed by atoms with Crippen LogP contribution in [-0.4, -0.2) is 30.7 Å². The van der Waals surface area contributed by atoms with Gasteiger partial charge >= 0.3 is 0 Å². The number of ether oxygens (including phenoxy) is 2. The van der Waals surface area contributed by atoms with Gasteiger partial charge in [0.25, 0.3) is 5.91 Å². The first-order chi connectivity index (χ1) is 14.4. The largest absolute Gasteiger partial charge is 0.488 e. The Morgan fingerprint density at radius 1 is 1.23 bits per heavy atom. The number of aromatic nitrogens is 1. The van der Waals surface area contributed by atoms with Crippen LogP contribution >= 0.6 is 11.3 Å². The molecule has 0 saturated carbocycles. The summed E-state index contributed by atoms with van der Waals surface area (Å²) in [6, 6.07) is 8.34. The highest BCUT2D eigenvalue weighted by molar-refractivity contribution is 7.13. The van der Waals surface area contributed by atoms with E-state index in [1.165, 1.54) is 29.5 Å². The van der Waals surface area contributed by atoms with Crippen molar-refractivity contribution in [2.45, 2.75) is 13.0 Å². The van der Waals surface area contributed by atoms with Crippen LogP contribution in [0, 0.1) is 11.6 Å². The van der Waals surface area contributed by atoms with Crippen LogP contribution in [0.2, 0.25) is 0 Å². The van der Waals surface area contributed by atoms with E-state index in [1.54, 1.807) is 43.0 Å². The molecule has 0 spiro atoms. The lowest BCUT2D eigenvalue weighted by Crippen LogP contribution is -2.18. The topological polar surface area (TPSA) is 60.5 Å². The van der Waals surface area contributed by atoms with Crippen LogP contribution in [0.4, 0.5) is 13.9 Å². The maximum atomic E-state index is 13.9. The quantitative estimate of drug-likeness (QED) is 0.496. The number of hydrogen-bond donors (Lipinski definition) is 1. The molecule has 3 rings (SSSR count). The number of methoxy groups -OCH3 is 1. The minimum atomic E-state index is -0.672. The summed E-state index contributed by atoms with van der Waals surface area (Å²) in [5, 5.41) is 4.96. The fourth-order valence-corrected chi connectivity index (χ4v) is 3.22. The lowest BCUT2D eigenvalue weighted by atomic mass is 10.1. The first-order valence-corrected chi connectivity index (χ1v) is 9.97. The maximum Gasteiger partial charge on any atom is 0.257 e. The smallest absolute Gasteiger partial charge is 0.257 e. The Labute approximate surface area is 177 Å². The number of rotatable bonds is 8. The van der Waals surface area contributed by atoms with Crippen LogP contribution in [0.1, 0.15) is 28.4 Å². The van der Waals surface area contributed by atoms with Gasteiger partial charge < -0.3 is 9.47 Å². The van der Waals surface area contributed by atoms with Crippen molar-refractivity contribution in [3.05, 3.63) is 76.3 Å². The number of thiazole rings is 1. The second-order valence-electron chi connectivity index (χ2n) is 6.47. The molecule has 0 aliphatic rings. The Bertz CT molecular complexity index is 1040. The van der Waals surface area contributed by atoms with Crippen molar-refractivity contribution in [1.82, 2.24) is 4.98 Å². The van der Waals surface area contributed by atoms with E-state index < -0.39 is 11.6 Å². The molecule has 0 fully saturated rings. The molecule has 5 nitrogen and oxygen atoms in total. The zero-order chi connectivity index (χ0) is 21.5. The van der Waals surface area contributed by atoms with Crippen LogP contribution in [0.5, 0.6) is 5.75 Å². The number of benzene rings is 2. The summed E-state index contributed by atoms with van der Waals surface area (Å²) in [5.74, 6) is -1.20.